The maximum atomic E-state index is 14.9. The van der Waals surface area contributed by atoms with Crippen LogP contribution >= 0.6 is 11.3 Å². The third-order valence-electron chi connectivity index (χ3n) is 5.80. The minimum Gasteiger partial charge on any atom is -0.378 e. The van der Waals surface area contributed by atoms with Crippen LogP contribution in [-0.2, 0) is 21.2 Å². The van der Waals surface area contributed by atoms with Gasteiger partial charge < -0.3 is 9.64 Å². The molecule has 0 aliphatic carbocycles. The van der Waals surface area contributed by atoms with Gasteiger partial charge in [-0.15, -0.1) is 11.3 Å². The molecule has 1 fully saturated rings. The molecule has 0 amide bonds. The minimum atomic E-state index is -4.00. The van der Waals surface area contributed by atoms with E-state index in [1.165, 1.54) is 12.1 Å². The van der Waals surface area contributed by atoms with Crippen molar-refractivity contribution in [3.05, 3.63) is 75.0 Å². The van der Waals surface area contributed by atoms with Crippen LogP contribution in [-0.4, -0.2) is 40.5 Å². The summed E-state index contributed by atoms with van der Waals surface area (Å²) in [6, 6.07) is 7.38. The Kier molecular flexibility index (Phi) is 7.01. The van der Waals surface area contributed by atoms with E-state index in [0.29, 0.717) is 48.7 Å². The zero-order valence-corrected chi connectivity index (χ0v) is 20.4. The summed E-state index contributed by atoms with van der Waals surface area (Å²) in [7, 11) is -4.00. The van der Waals surface area contributed by atoms with Crippen molar-refractivity contribution >= 4 is 38.5 Å². The van der Waals surface area contributed by atoms with Crippen molar-refractivity contribution in [2.24, 2.45) is 0 Å². The molecule has 0 unspecified atom stereocenters. The van der Waals surface area contributed by atoms with E-state index in [9.17, 15) is 22.0 Å². The highest BCUT2D eigenvalue weighted by Gasteiger charge is 2.24. The molecule has 0 spiro atoms. The van der Waals surface area contributed by atoms with E-state index in [-0.39, 0.29) is 33.5 Å². The fraction of sp³-hybridized carbons (Fsp3) is 0.292. The number of carbonyl (C=O) groups excluding carboxylic acids is 1. The predicted octanol–water partition coefficient (Wildman–Crippen LogP) is 4.71. The van der Waals surface area contributed by atoms with Gasteiger partial charge in [0.1, 0.15) is 11.6 Å². The average molecular weight is 507 g/mol. The molecule has 180 valence electrons. The first-order valence-electron chi connectivity index (χ1n) is 10.7. The van der Waals surface area contributed by atoms with E-state index >= 15 is 0 Å². The molecule has 4 rings (SSSR count). The van der Waals surface area contributed by atoms with Crippen LogP contribution in [0.3, 0.4) is 0 Å². The normalized spacial score (nSPS) is 14.3. The summed E-state index contributed by atoms with van der Waals surface area (Å²) in [6.07, 6.45) is 0.00107. The van der Waals surface area contributed by atoms with Gasteiger partial charge in [0.2, 0.25) is 0 Å². The molecule has 0 saturated carbocycles. The van der Waals surface area contributed by atoms with Crippen LogP contribution in [0.25, 0.3) is 0 Å². The maximum Gasteiger partial charge on any atom is 0.261 e. The Morgan fingerprint density at radius 2 is 1.79 bits per heavy atom. The number of nitrogens with zero attached hydrogens (tertiary/aromatic N) is 1. The number of anilines is 2. The van der Waals surface area contributed by atoms with Crippen LogP contribution in [0.2, 0.25) is 0 Å². The lowest BCUT2D eigenvalue weighted by atomic mass is 9.95. The zero-order chi connectivity index (χ0) is 24.5. The predicted molar refractivity (Wildman–Crippen MR) is 128 cm³/mol. The van der Waals surface area contributed by atoms with Gasteiger partial charge in [0.05, 0.1) is 34.4 Å². The van der Waals surface area contributed by atoms with Crippen LogP contribution in [0.5, 0.6) is 0 Å². The molecule has 1 saturated heterocycles. The molecular formula is C24H24F2N2O4S2. The number of hydrogen-bond acceptors (Lipinski definition) is 6. The van der Waals surface area contributed by atoms with E-state index in [1.54, 1.807) is 19.2 Å². The Balaban J connectivity index is 1.60. The van der Waals surface area contributed by atoms with Gasteiger partial charge in [0.15, 0.2) is 5.78 Å². The molecule has 2 heterocycles. The van der Waals surface area contributed by atoms with Gasteiger partial charge in [-0.2, -0.15) is 0 Å². The summed E-state index contributed by atoms with van der Waals surface area (Å²) >= 11 is 1.12. The summed E-state index contributed by atoms with van der Waals surface area (Å²) < 4.78 is 61.3. The van der Waals surface area contributed by atoms with Crippen LogP contribution in [0.4, 0.5) is 20.2 Å². The molecule has 1 N–H and O–H groups in total. The van der Waals surface area contributed by atoms with E-state index in [2.05, 4.69) is 4.72 Å². The van der Waals surface area contributed by atoms with Gasteiger partial charge in [0.25, 0.3) is 10.0 Å². The highest BCUT2D eigenvalue weighted by molar-refractivity contribution is 7.92. The summed E-state index contributed by atoms with van der Waals surface area (Å²) in [5, 5.41) is 1.62. The SMILES string of the molecule is Cc1cc(F)c(N2CCOCC2)c(C)c1CC(=O)c1sccc1NS(=O)(=O)c1ccc(F)cc1. The number of benzene rings is 2. The molecule has 34 heavy (non-hydrogen) atoms. The molecular weight excluding hydrogens is 482 g/mol. The Morgan fingerprint density at radius 3 is 2.47 bits per heavy atom. The molecule has 3 aromatic rings. The summed E-state index contributed by atoms with van der Waals surface area (Å²) in [4.78, 5) is 15.3. The number of nitrogens with one attached hydrogen (secondary N) is 1. The van der Waals surface area contributed by atoms with Gasteiger partial charge in [-0.3, -0.25) is 9.52 Å². The third kappa shape index (κ3) is 4.98. The second-order valence-electron chi connectivity index (χ2n) is 8.05. The number of morpholine rings is 1. The van der Waals surface area contributed by atoms with Crippen molar-refractivity contribution < 1.29 is 26.7 Å². The first-order valence-corrected chi connectivity index (χ1v) is 13.0. The van der Waals surface area contributed by atoms with Crippen LogP contribution < -0.4 is 9.62 Å². The van der Waals surface area contributed by atoms with Crippen LogP contribution in [0, 0.1) is 25.5 Å². The fourth-order valence-corrected chi connectivity index (χ4v) is 6.00. The summed E-state index contributed by atoms with van der Waals surface area (Å²) in [5.41, 5.74) is 2.70. The maximum absolute atomic E-state index is 14.9. The van der Waals surface area contributed by atoms with Crippen molar-refractivity contribution in [2.45, 2.75) is 25.2 Å². The number of ketones is 1. The first kappa shape index (κ1) is 24.3. The number of Topliss-reactive ketones (excluding diaryl/α,β-unsaturated/α-hetero) is 1. The molecule has 0 radical (unpaired) electrons. The number of halogens is 2. The van der Waals surface area contributed by atoms with Crippen molar-refractivity contribution in [3.8, 4) is 0 Å². The van der Waals surface area contributed by atoms with E-state index < -0.39 is 15.8 Å². The molecule has 6 nitrogen and oxygen atoms in total. The smallest absolute Gasteiger partial charge is 0.261 e. The molecule has 10 heteroatoms. The second kappa shape index (κ2) is 9.81. The lowest BCUT2D eigenvalue weighted by Crippen LogP contribution is -2.37. The molecule has 1 aliphatic heterocycles. The number of thiophene rings is 1. The zero-order valence-electron chi connectivity index (χ0n) is 18.7. The highest BCUT2D eigenvalue weighted by atomic mass is 32.2. The van der Waals surface area contributed by atoms with E-state index in [1.807, 2.05) is 4.90 Å². The number of ether oxygens (including phenoxy) is 1. The van der Waals surface area contributed by atoms with Crippen molar-refractivity contribution in [1.82, 2.24) is 0 Å². The lowest BCUT2D eigenvalue weighted by Gasteiger charge is -2.31. The Morgan fingerprint density at radius 1 is 1.12 bits per heavy atom. The van der Waals surface area contributed by atoms with Gasteiger partial charge in [0, 0.05) is 19.5 Å². The van der Waals surface area contributed by atoms with Crippen molar-refractivity contribution in [1.29, 1.82) is 0 Å². The minimum absolute atomic E-state index is 0.00107. The number of rotatable bonds is 7. The second-order valence-corrected chi connectivity index (χ2v) is 10.6. The number of carbonyl (C=O) groups is 1. The third-order valence-corrected chi connectivity index (χ3v) is 8.14. The lowest BCUT2D eigenvalue weighted by molar-refractivity contribution is 0.0997. The largest absolute Gasteiger partial charge is 0.378 e. The number of sulfonamides is 1. The van der Waals surface area contributed by atoms with E-state index in [0.717, 1.165) is 35.6 Å². The highest BCUT2D eigenvalue weighted by Crippen LogP contribution is 2.33. The Hall–Kier alpha value is -2.82. The van der Waals surface area contributed by atoms with Gasteiger partial charge in [-0.05, 0) is 72.3 Å². The fourth-order valence-electron chi connectivity index (χ4n) is 4.07. The number of aryl methyl sites for hydroxylation is 1. The Bertz CT molecular complexity index is 1320. The van der Waals surface area contributed by atoms with Crippen LogP contribution in [0.15, 0.2) is 46.7 Å². The Labute approximate surface area is 201 Å². The first-order chi connectivity index (χ1) is 16.2. The summed E-state index contributed by atoms with van der Waals surface area (Å²) in [6.45, 7) is 5.70. The molecule has 2 aromatic carbocycles. The monoisotopic (exact) mass is 506 g/mol. The van der Waals surface area contributed by atoms with Gasteiger partial charge in [-0.1, -0.05) is 0 Å². The van der Waals surface area contributed by atoms with Gasteiger partial charge in [-0.25, -0.2) is 17.2 Å². The molecule has 1 aliphatic rings. The van der Waals surface area contributed by atoms with Crippen molar-refractivity contribution in [3.63, 3.8) is 0 Å². The average Bonchev–Trinajstić information content (AvgIpc) is 3.25. The standard InChI is InChI=1S/C24H24F2N2O4S2/c1-15-13-20(26)23(28-8-10-32-11-9-28)16(2)19(15)14-22(29)24-21(7-12-33-24)27-34(30,31)18-5-3-17(25)4-6-18/h3-7,12-13,27H,8-11,14H2,1-2H3. The van der Waals surface area contributed by atoms with E-state index in [4.69, 9.17) is 4.74 Å². The van der Waals surface area contributed by atoms with Gasteiger partial charge >= 0.3 is 0 Å². The number of hydrogen-bond donors (Lipinski definition) is 1. The van der Waals surface area contributed by atoms with Crippen molar-refractivity contribution in [2.75, 3.05) is 35.9 Å². The van der Waals surface area contributed by atoms with Crippen LogP contribution in [0.1, 0.15) is 26.4 Å². The summed E-state index contributed by atoms with van der Waals surface area (Å²) in [5.74, 6) is -1.17. The molecule has 0 bridgehead atoms. The molecule has 0 atom stereocenters. The topological polar surface area (TPSA) is 75.7 Å². The quantitative estimate of drug-likeness (QED) is 0.470. The molecule has 1 aromatic heterocycles.